The van der Waals surface area contributed by atoms with Gasteiger partial charge >= 0.3 is 17.9 Å². The molecule has 12 heteroatoms. The Morgan fingerprint density at radius 3 is 1.69 bits per heavy atom. The molecule has 0 spiro atoms. The summed E-state index contributed by atoms with van der Waals surface area (Å²) in [6.45, 7) is -0.341. The van der Waals surface area contributed by atoms with Gasteiger partial charge in [-0.1, -0.05) is 53.0 Å². The van der Waals surface area contributed by atoms with Gasteiger partial charge in [-0.3, -0.25) is 0 Å². The summed E-state index contributed by atoms with van der Waals surface area (Å²) in [6, 6.07) is 25.8. The first-order chi connectivity index (χ1) is 21.7. The minimum Gasteiger partial charge on any atom is -0.459 e. The van der Waals surface area contributed by atoms with E-state index in [-0.39, 0.29) is 23.3 Å². The molecule has 1 fully saturated rings. The summed E-state index contributed by atoms with van der Waals surface area (Å²) in [4.78, 5) is 39.6. The van der Waals surface area contributed by atoms with Crippen molar-refractivity contribution >= 4 is 63.6 Å². The third-order valence-corrected chi connectivity index (χ3v) is 7.84. The van der Waals surface area contributed by atoms with Gasteiger partial charge in [-0.15, -0.1) is 0 Å². The molecule has 1 aliphatic rings. The van der Waals surface area contributed by atoms with E-state index in [1.807, 2.05) is 24.3 Å². The van der Waals surface area contributed by atoms with Crippen molar-refractivity contribution in [1.29, 1.82) is 0 Å². The van der Waals surface area contributed by atoms with E-state index in [2.05, 4.69) is 5.10 Å². The van der Waals surface area contributed by atoms with Crippen LogP contribution in [-0.4, -0.2) is 52.6 Å². The Hall–Kier alpha value is -4.41. The van der Waals surface area contributed by atoms with E-state index in [0.29, 0.717) is 20.6 Å². The first-order valence-electron chi connectivity index (χ1n) is 13.7. The van der Waals surface area contributed by atoms with Gasteiger partial charge in [0.05, 0.1) is 22.2 Å². The number of aromatic nitrogens is 2. The number of rotatable bonds is 8. The number of fused-ring (bicyclic) bond motifs is 1. The van der Waals surface area contributed by atoms with Crippen LogP contribution in [0, 0.1) is 0 Å². The van der Waals surface area contributed by atoms with E-state index in [9.17, 15) is 14.4 Å². The van der Waals surface area contributed by atoms with Gasteiger partial charge in [0.2, 0.25) is 0 Å². The SMILES string of the molecule is O=C(OC[C@H]1O[C@@H](n2cc3ccccc3n2)[C@H](OC(=O)c2ccc(Cl)cc2)[C@@H]1OC(=O)c1ccc(Cl)cc1)c1ccc(Cl)cc1. The molecular weight excluding hydrogens is 643 g/mol. The third-order valence-electron chi connectivity index (χ3n) is 7.08. The summed E-state index contributed by atoms with van der Waals surface area (Å²) < 4.78 is 25.3. The smallest absolute Gasteiger partial charge is 0.338 e. The van der Waals surface area contributed by atoms with Crippen LogP contribution in [0.25, 0.3) is 10.9 Å². The topological polar surface area (TPSA) is 106 Å². The fourth-order valence-electron chi connectivity index (χ4n) is 4.82. The summed E-state index contributed by atoms with van der Waals surface area (Å²) in [5.74, 6) is -2.09. The molecule has 4 atom stereocenters. The lowest BCUT2D eigenvalue weighted by atomic mass is 10.1. The Morgan fingerprint density at radius 1 is 0.667 bits per heavy atom. The molecule has 1 saturated heterocycles. The van der Waals surface area contributed by atoms with E-state index in [4.69, 9.17) is 53.8 Å². The van der Waals surface area contributed by atoms with Crippen molar-refractivity contribution in [2.45, 2.75) is 24.5 Å². The van der Waals surface area contributed by atoms with Crippen LogP contribution in [0.3, 0.4) is 0 Å². The summed E-state index contributed by atoms with van der Waals surface area (Å²) in [7, 11) is 0. The van der Waals surface area contributed by atoms with Crippen LogP contribution >= 0.6 is 34.8 Å². The number of hydrogen-bond donors (Lipinski definition) is 0. The van der Waals surface area contributed by atoms with Crippen molar-refractivity contribution in [2.24, 2.45) is 0 Å². The zero-order chi connectivity index (χ0) is 31.5. The lowest BCUT2D eigenvalue weighted by Gasteiger charge is -2.24. The molecule has 0 unspecified atom stereocenters. The van der Waals surface area contributed by atoms with E-state index >= 15 is 0 Å². The summed E-state index contributed by atoms with van der Waals surface area (Å²) >= 11 is 18.0. The van der Waals surface area contributed by atoms with E-state index in [1.54, 1.807) is 42.6 Å². The lowest BCUT2D eigenvalue weighted by molar-refractivity contribution is -0.0668. The second-order valence-electron chi connectivity index (χ2n) is 10.1. The Bertz CT molecular complexity index is 1810. The van der Waals surface area contributed by atoms with Crippen molar-refractivity contribution in [1.82, 2.24) is 9.78 Å². The van der Waals surface area contributed by atoms with Crippen LogP contribution in [0.2, 0.25) is 15.1 Å². The highest BCUT2D eigenvalue weighted by Gasteiger charge is 2.51. The fraction of sp³-hybridized carbons (Fsp3) is 0.152. The van der Waals surface area contributed by atoms with Gasteiger partial charge < -0.3 is 18.9 Å². The highest BCUT2D eigenvalue weighted by molar-refractivity contribution is 6.31. The van der Waals surface area contributed by atoms with Crippen LogP contribution in [-0.2, 0) is 18.9 Å². The molecule has 45 heavy (non-hydrogen) atoms. The molecule has 4 aromatic carbocycles. The van der Waals surface area contributed by atoms with Gasteiger partial charge in [-0.25, -0.2) is 19.1 Å². The predicted octanol–water partition coefficient (Wildman–Crippen LogP) is 7.20. The lowest BCUT2D eigenvalue weighted by Crippen LogP contribution is -2.41. The van der Waals surface area contributed by atoms with Crippen LogP contribution in [0.1, 0.15) is 37.3 Å². The number of nitrogens with zero attached hydrogens (tertiary/aromatic N) is 2. The Balaban J connectivity index is 1.34. The van der Waals surface area contributed by atoms with Crippen molar-refractivity contribution < 1.29 is 33.3 Å². The van der Waals surface area contributed by atoms with Crippen LogP contribution in [0.5, 0.6) is 0 Å². The second-order valence-corrected chi connectivity index (χ2v) is 11.4. The maximum absolute atomic E-state index is 13.4. The first-order valence-corrected chi connectivity index (χ1v) is 14.8. The largest absolute Gasteiger partial charge is 0.459 e. The monoisotopic (exact) mass is 664 g/mol. The van der Waals surface area contributed by atoms with Gasteiger partial charge in [-0.05, 0) is 78.9 Å². The average molecular weight is 666 g/mol. The fourth-order valence-corrected chi connectivity index (χ4v) is 5.20. The molecule has 1 aliphatic heterocycles. The van der Waals surface area contributed by atoms with Gasteiger partial charge in [0.15, 0.2) is 18.4 Å². The number of ether oxygens (including phenoxy) is 4. The average Bonchev–Trinajstić information content (AvgIpc) is 3.62. The molecular formula is C33H23Cl3N2O7. The van der Waals surface area contributed by atoms with E-state index in [1.165, 1.54) is 41.1 Å². The third kappa shape index (κ3) is 6.97. The second kappa shape index (κ2) is 13.3. The molecule has 0 N–H and O–H groups in total. The van der Waals surface area contributed by atoms with Crippen LogP contribution in [0.4, 0.5) is 0 Å². The maximum atomic E-state index is 13.4. The molecule has 0 saturated carbocycles. The number of esters is 3. The van der Waals surface area contributed by atoms with Crippen molar-refractivity contribution in [3.63, 3.8) is 0 Å². The van der Waals surface area contributed by atoms with Crippen LogP contribution in [0.15, 0.2) is 103 Å². The zero-order valence-electron chi connectivity index (χ0n) is 23.2. The summed E-state index contributed by atoms with van der Waals surface area (Å²) in [6.07, 6.45) is -2.82. The molecule has 1 aromatic heterocycles. The van der Waals surface area contributed by atoms with Gasteiger partial charge in [0.25, 0.3) is 0 Å². The number of halogens is 3. The molecule has 6 rings (SSSR count). The van der Waals surface area contributed by atoms with E-state index in [0.717, 1.165) is 5.39 Å². The van der Waals surface area contributed by atoms with Gasteiger partial charge in [0.1, 0.15) is 12.7 Å². The Labute approximate surface area is 272 Å². The maximum Gasteiger partial charge on any atom is 0.338 e. The quantitative estimate of drug-likeness (QED) is 0.127. The van der Waals surface area contributed by atoms with Crippen molar-refractivity contribution in [3.05, 3.63) is 135 Å². The molecule has 9 nitrogen and oxygen atoms in total. The van der Waals surface area contributed by atoms with Crippen molar-refractivity contribution in [2.75, 3.05) is 6.61 Å². The van der Waals surface area contributed by atoms with Gasteiger partial charge in [0, 0.05) is 26.7 Å². The Morgan fingerprint density at radius 2 is 1.16 bits per heavy atom. The highest BCUT2D eigenvalue weighted by Crippen LogP contribution is 2.36. The van der Waals surface area contributed by atoms with Gasteiger partial charge in [-0.2, -0.15) is 5.10 Å². The van der Waals surface area contributed by atoms with Crippen LogP contribution < -0.4 is 0 Å². The number of hydrogen-bond acceptors (Lipinski definition) is 8. The standard InChI is InChI=1S/C33H23Cl3N2O7/c34-23-11-5-19(6-12-23)31(39)42-18-27-28(44-32(40)20-7-13-24(35)14-8-20)29(45-33(41)21-9-15-25(36)16-10-21)30(43-27)38-17-22-3-1-2-4-26(22)37-38/h1-17,27-30H,18H2/t27-,28-,29-,30-/m1/s1. The molecule has 0 aliphatic carbocycles. The van der Waals surface area contributed by atoms with Crippen molar-refractivity contribution in [3.8, 4) is 0 Å². The first kappa shape index (κ1) is 30.6. The normalized spacial score (nSPS) is 19.3. The molecule has 0 bridgehead atoms. The minimum absolute atomic E-state index is 0.201. The molecule has 0 amide bonds. The number of carbonyl (C=O) groups is 3. The Kier molecular flexibility index (Phi) is 9.04. The number of carbonyl (C=O) groups excluding carboxylic acids is 3. The van der Waals surface area contributed by atoms with E-state index < -0.39 is 42.4 Å². The zero-order valence-corrected chi connectivity index (χ0v) is 25.5. The predicted molar refractivity (Wildman–Crippen MR) is 167 cm³/mol. The molecule has 228 valence electrons. The molecule has 2 heterocycles. The number of benzene rings is 4. The summed E-state index contributed by atoms with van der Waals surface area (Å²) in [5, 5.41) is 6.74. The molecule has 0 radical (unpaired) electrons. The summed E-state index contributed by atoms with van der Waals surface area (Å²) in [5.41, 5.74) is 1.33. The minimum atomic E-state index is -1.22. The molecule has 5 aromatic rings. The highest BCUT2D eigenvalue weighted by atomic mass is 35.5.